The molecule has 2 unspecified atom stereocenters. The van der Waals surface area contributed by atoms with Gasteiger partial charge < -0.3 is 5.32 Å². The van der Waals surface area contributed by atoms with Gasteiger partial charge in [0.25, 0.3) is 0 Å². The summed E-state index contributed by atoms with van der Waals surface area (Å²) in [5, 5.41) is 3.48. The van der Waals surface area contributed by atoms with Crippen LogP contribution in [0.15, 0.2) is 0 Å². The molecule has 0 aromatic carbocycles. The summed E-state index contributed by atoms with van der Waals surface area (Å²) < 4.78 is 23.2. The third kappa shape index (κ3) is 5.70. The first-order valence-electron chi connectivity index (χ1n) is 7.38. The highest BCUT2D eigenvalue weighted by Gasteiger charge is 2.33. The van der Waals surface area contributed by atoms with Crippen molar-refractivity contribution in [2.24, 2.45) is 11.8 Å². The molecule has 108 valence electrons. The summed E-state index contributed by atoms with van der Waals surface area (Å²) in [7, 11) is -2.74. The van der Waals surface area contributed by atoms with Gasteiger partial charge in [0, 0.05) is 6.04 Å². The zero-order chi connectivity index (χ0) is 13.6. The van der Waals surface area contributed by atoms with Crippen molar-refractivity contribution in [3.8, 4) is 0 Å². The first-order valence-corrected chi connectivity index (χ1v) is 9.20. The van der Waals surface area contributed by atoms with Crippen LogP contribution in [0.5, 0.6) is 0 Å². The van der Waals surface area contributed by atoms with E-state index in [0.717, 1.165) is 13.0 Å². The highest BCUT2D eigenvalue weighted by atomic mass is 32.2. The van der Waals surface area contributed by atoms with E-state index in [1.807, 2.05) is 0 Å². The van der Waals surface area contributed by atoms with Crippen molar-refractivity contribution in [2.75, 3.05) is 18.1 Å². The van der Waals surface area contributed by atoms with E-state index < -0.39 is 9.84 Å². The van der Waals surface area contributed by atoms with Crippen molar-refractivity contribution in [3.63, 3.8) is 0 Å². The van der Waals surface area contributed by atoms with Crippen LogP contribution in [0.3, 0.4) is 0 Å². The predicted octanol–water partition coefficient (Wildman–Crippen LogP) is 2.62. The molecule has 1 N–H and O–H groups in total. The lowest BCUT2D eigenvalue weighted by molar-refractivity contribution is 0.308. The minimum absolute atomic E-state index is 0.387. The van der Waals surface area contributed by atoms with E-state index in [9.17, 15) is 8.42 Å². The van der Waals surface area contributed by atoms with E-state index in [-0.39, 0.29) is 0 Å². The third-order valence-electron chi connectivity index (χ3n) is 3.90. The van der Waals surface area contributed by atoms with Crippen LogP contribution < -0.4 is 5.32 Å². The summed E-state index contributed by atoms with van der Waals surface area (Å²) >= 11 is 0. The van der Waals surface area contributed by atoms with Crippen LogP contribution >= 0.6 is 0 Å². The maximum atomic E-state index is 11.6. The van der Waals surface area contributed by atoms with Gasteiger partial charge in [0.15, 0.2) is 9.84 Å². The number of rotatable bonds is 8. The molecule has 1 aliphatic rings. The van der Waals surface area contributed by atoms with Gasteiger partial charge in [-0.15, -0.1) is 0 Å². The zero-order valence-electron chi connectivity index (χ0n) is 12.1. The standard InChI is InChI=1S/C14H29NO2S/c1-4-5-6-7-13(10-15-12(2)3)14-8-9-18(16,17)11-14/h12-15H,4-11H2,1-3H3. The van der Waals surface area contributed by atoms with Gasteiger partial charge in [-0.3, -0.25) is 0 Å². The molecule has 1 aliphatic heterocycles. The van der Waals surface area contributed by atoms with Gasteiger partial charge in [-0.1, -0.05) is 40.0 Å². The fraction of sp³-hybridized carbons (Fsp3) is 1.00. The van der Waals surface area contributed by atoms with Gasteiger partial charge in [-0.05, 0) is 31.2 Å². The fourth-order valence-corrected chi connectivity index (χ4v) is 4.66. The van der Waals surface area contributed by atoms with Crippen molar-refractivity contribution in [1.29, 1.82) is 0 Å². The molecule has 4 heteroatoms. The van der Waals surface area contributed by atoms with Crippen molar-refractivity contribution >= 4 is 9.84 Å². The van der Waals surface area contributed by atoms with Crippen molar-refractivity contribution < 1.29 is 8.42 Å². The van der Waals surface area contributed by atoms with Gasteiger partial charge in [0.2, 0.25) is 0 Å². The lowest BCUT2D eigenvalue weighted by Crippen LogP contribution is -2.33. The van der Waals surface area contributed by atoms with Crippen molar-refractivity contribution in [3.05, 3.63) is 0 Å². The smallest absolute Gasteiger partial charge is 0.150 e. The van der Waals surface area contributed by atoms with Crippen LogP contribution in [0.25, 0.3) is 0 Å². The Balaban J connectivity index is 2.48. The van der Waals surface area contributed by atoms with E-state index >= 15 is 0 Å². The fourth-order valence-electron chi connectivity index (χ4n) is 2.74. The molecule has 1 fully saturated rings. The zero-order valence-corrected chi connectivity index (χ0v) is 12.9. The lowest BCUT2D eigenvalue weighted by atomic mass is 9.87. The van der Waals surface area contributed by atoms with E-state index in [4.69, 9.17) is 0 Å². The lowest BCUT2D eigenvalue weighted by Gasteiger charge is -2.24. The SMILES string of the molecule is CCCCCC(CNC(C)C)C1CCS(=O)(=O)C1. The molecule has 0 aliphatic carbocycles. The Morgan fingerprint density at radius 2 is 2.00 bits per heavy atom. The Kier molecular flexibility index (Phi) is 6.64. The maximum absolute atomic E-state index is 11.6. The maximum Gasteiger partial charge on any atom is 0.150 e. The first-order chi connectivity index (χ1) is 8.44. The largest absolute Gasteiger partial charge is 0.314 e. The Hall–Kier alpha value is -0.0900. The predicted molar refractivity (Wildman–Crippen MR) is 77.5 cm³/mol. The average molecular weight is 275 g/mol. The van der Waals surface area contributed by atoms with Crippen LogP contribution in [0, 0.1) is 11.8 Å². The summed E-state index contributed by atoms with van der Waals surface area (Å²) in [5.41, 5.74) is 0. The molecule has 1 saturated heterocycles. The van der Waals surface area contributed by atoms with E-state index in [0.29, 0.717) is 29.4 Å². The highest BCUT2D eigenvalue weighted by Crippen LogP contribution is 2.29. The minimum Gasteiger partial charge on any atom is -0.314 e. The Morgan fingerprint density at radius 3 is 2.50 bits per heavy atom. The summed E-state index contributed by atoms with van der Waals surface area (Å²) in [6.07, 6.45) is 5.77. The van der Waals surface area contributed by atoms with Crippen LogP contribution in [-0.2, 0) is 9.84 Å². The Morgan fingerprint density at radius 1 is 1.28 bits per heavy atom. The van der Waals surface area contributed by atoms with Gasteiger partial charge in [0.05, 0.1) is 11.5 Å². The molecule has 1 rings (SSSR count). The first kappa shape index (κ1) is 16.0. The number of hydrogen-bond acceptors (Lipinski definition) is 3. The normalized spacial score (nSPS) is 24.6. The molecule has 0 aromatic heterocycles. The number of hydrogen-bond donors (Lipinski definition) is 1. The van der Waals surface area contributed by atoms with Gasteiger partial charge in [-0.2, -0.15) is 0 Å². The molecule has 18 heavy (non-hydrogen) atoms. The summed E-state index contributed by atoms with van der Waals surface area (Å²) in [5.74, 6) is 1.75. The molecule has 0 aromatic rings. The molecule has 0 bridgehead atoms. The number of unbranched alkanes of at least 4 members (excludes halogenated alkanes) is 2. The second-order valence-electron chi connectivity index (χ2n) is 5.98. The van der Waals surface area contributed by atoms with Crippen molar-refractivity contribution in [1.82, 2.24) is 5.32 Å². The van der Waals surface area contributed by atoms with Crippen molar-refractivity contribution in [2.45, 2.75) is 58.9 Å². The number of sulfone groups is 1. The summed E-state index contributed by atoms with van der Waals surface area (Å²) in [6.45, 7) is 7.48. The molecule has 0 spiro atoms. The highest BCUT2D eigenvalue weighted by molar-refractivity contribution is 7.91. The molecule has 2 atom stereocenters. The second-order valence-corrected chi connectivity index (χ2v) is 8.21. The Bertz CT molecular complexity index is 325. The minimum atomic E-state index is -2.74. The van der Waals surface area contributed by atoms with Gasteiger partial charge >= 0.3 is 0 Å². The molecular formula is C14H29NO2S. The van der Waals surface area contributed by atoms with Gasteiger partial charge in [0.1, 0.15) is 0 Å². The van der Waals surface area contributed by atoms with E-state index in [1.165, 1.54) is 25.7 Å². The topological polar surface area (TPSA) is 46.2 Å². The third-order valence-corrected chi connectivity index (χ3v) is 5.69. The van der Waals surface area contributed by atoms with E-state index in [2.05, 4.69) is 26.1 Å². The number of nitrogens with one attached hydrogen (secondary N) is 1. The van der Waals surface area contributed by atoms with Gasteiger partial charge in [-0.25, -0.2) is 8.42 Å². The quantitative estimate of drug-likeness (QED) is 0.693. The molecule has 0 radical (unpaired) electrons. The average Bonchev–Trinajstić information content (AvgIpc) is 2.63. The van der Waals surface area contributed by atoms with Crippen LogP contribution in [0.4, 0.5) is 0 Å². The molecular weight excluding hydrogens is 246 g/mol. The summed E-state index contributed by atoms with van der Waals surface area (Å²) in [6, 6.07) is 0.483. The summed E-state index contributed by atoms with van der Waals surface area (Å²) in [4.78, 5) is 0. The van der Waals surface area contributed by atoms with E-state index in [1.54, 1.807) is 0 Å². The monoisotopic (exact) mass is 275 g/mol. The van der Waals surface area contributed by atoms with Crippen LogP contribution in [0.2, 0.25) is 0 Å². The second kappa shape index (κ2) is 7.49. The molecule has 0 amide bonds. The van der Waals surface area contributed by atoms with Crippen LogP contribution in [-0.4, -0.2) is 32.5 Å². The molecule has 3 nitrogen and oxygen atoms in total. The molecule has 1 heterocycles. The Labute approximate surface area is 113 Å². The van der Waals surface area contributed by atoms with Crippen LogP contribution in [0.1, 0.15) is 52.9 Å². The molecule has 0 saturated carbocycles.